The van der Waals surface area contributed by atoms with Crippen LogP contribution in [0.5, 0.6) is 0 Å². The van der Waals surface area contributed by atoms with Crippen molar-refractivity contribution in [3.63, 3.8) is 0 Å². The number of anilines is 1. The molecule has 2 rings (SSSR count). The third kappa shape index (κ3) is 5.29. The number of aryl methyl sites for hydroxylation is 2. The van der Waals surface area contributed by atoms with E-state index in [0.29, 0.717) is 18.0 Å². The second kappa shape index (κ2) is 8.82. The van der Waals surface area contributed by atoms with E-state index in [-0.39, 0.29) is 6.42 Å². The number of nitrogens with zero attached hydrogens (tertiary/aromatic N) is 2. The highest BCUT2D eigenvalue weighted by Crippen LogP contribution is 2.30. The molecule has 1 aromatic carbocycles. The van der Waals surface area contributed by atoms with E-state index in [4.69, 9.17) is 4.74 Å². The van der Waals surface area contributed by atoms with Gasteiger partial charge >= 0.3 is 0 Å². The van der Waals surface area contributed by atoms with Crippen LogP contribution in [-0.2, 0) is 22.6 Å². The zero-order valence-electron chi connectivity index (χ0n) is 14.2. The van der Waals surface area contributed by atoms with E-state index < -0.39 is 18.9 Å². The third-order valence-electron chi connectivity index (χ3n) is 3.55. The molecule has 0 fully saturated rings. The van der Waals surface area contributed by atoms with E-state index in [1.807, 2.05) is 12.1 Å². The SMILES string of the molecule is COCc1nc(CC(=O)N(CC(F)F)c2c(C)cc(Br)cc2C)cs1. The Morgan fingerprint density at radius 3 is 2.56 bits per heavy atom. The van der Waals surface area contributed by atoms with Crippen LogP contribution in [0.15, 0.2) is 22.0 Å². The first-order valence-electron chi connectivity index (χ1n) is 7.59. The molecule has 0 N–H and O–H groups in total. The number of ether oxygens (including phenoxy) is 1. The molecule has 0 spiro atoms. The summed E-state index contributed by atoms with van der Waals surface area (Å²) >= 11 is 4.77. The molecule has 25 heavy (non-hydrogen) atoms. The number of halogens is 3. The van der Waals surface area contributed by atoms with Crippen molar-refractivity contribution in [3.8, 4) is 0 Å². The molecule has 0 bridgehead atoms. The van der Waals surface area contributed by atoms with E-state index in [9.17, 15) is 13.6 Å². The van der Waals surface area contributed by atoms with Crippen molar-refractivity contribution < 1.29 is 18.3 Å². The molecule has 136 valence electrons. The summed E-state index contributed by atoms with van der Waals surface area (Å²) in [6.45, 7) is 3.33. The van der Waals surface area contributed by atoms with E-state index in [0.717, 1.165) is 25.5 Å². The van der Waals surface area contributed by atoms with Crippen molar-refractivity contribution in [1.82, 2.24) is 4.98 Å². The van der Waals surface area contributed by atoms with Crippen LogP contribution >= 0.6 is 27.3 Å². The fraction of sp³-hybridized carbons (Fsp3) is 0.412. The van der Waals surface area contributed by atoms with Gasteiger partial charge in [-0.2, -0.15) is 0 Å². The molecule has 0 aliphatic heterocycles. The van der Waals surface area contributed by atoms with E-state index in [1.165, 1.54) is 11.3 Å². The summed E-state index contributed by atoms with van der Waals surface area (Å²) in [5.41, 5.74) is 2.62. The van der Waals surface area contributed by atoms with Gasteiger partial charge in [0.15, 0.2) is 0 Å². The average Bonchev–Trinajstić information content (AvgIpc) is 2.92. The van der Waals surface area contributed by atoms with Gasteiger partial charge in [-0.25, -0.2) is 13.8 Å². The minimum Gasteiger partial charge on any atom is -0.378 e. The number of methoxy groups -OCH3 is 1. The van der Waals surface area contributed by atoms with Crippen LogP contribution in [0.25, 0.3) is 0 Å². The zero-order chi connectivity index (χ0) is 18.6. The van der Waals surface area contributed by atoms with Gasteiger partial charge in [0.1, 0.15) is 5.01 Å². The maximum atomic E-state index is 13.1. The lowest BCUT2D eigenvalue weighted by Crippen LogP contribution is -2.37. The van der Waals surface area contributed by atoms with Gasteiger partial charge in [0.05, 0.1) is 25.3 Å². The van der Waals surface area contributed by atoms with Gasteiger partial charge in [-0.1, -0.05) is 15.9 Å². The molecule has 4 nitrogen and oxygen atoms in total. The van der Waals surface area contributed by atoms with Crippen molar-refractivity contribution >= 4 is 38.9 Å². The minimum absolute atomic E-state index is 0.0259. The number of rotatable bonds is 7. The first-order valence-corrected chi connectivity index (χ1v) is 9.26. The summed E-state index contributed by atoms with van der Waals surface area (Å²) in [5, 5.41) is 2.51. The van der Waals surface area contributed by atoms with Crippen LogP contribution in [0.2, 0.25) is 0 Å². The largest absolute Gasteiger partial charge is 0.378 e. The Hall–Kier alpha value is -1.38. The summed E-state index contributed by atoms with van der Waals surface area (Å²) in [6.07, 6.45) is -2.65. The number of carbonyl (C=O) groups excluding carboxylic acids is 1. The Balaban J connectivity index is 2.29. The molecule has 0 saturated carbocycles. The molecule has 0 unspecified atom stereocenters. The van der Waals surface area contributed by atoms with Crippen molar-refractivity contribution in [2.45, 2.75) is 33.3 Å². The van der Waals surface area contributed by atoms with Gasteiger partial charge in [-0.15, -0.1) is 11.3 Å². The standard InChI is InChI=1S/C17H19BrF2N2O2S/c1-10-4-12(18)5-11(2)17(10)22(7-14(19)20)16(23)6-13-9-25-15(21-13)8-24-3/h4-5,9,14H,6-8H2,1-3H3. The van der Waals surface area contributed by atoms with Crippen molar-refractivity contribution in [2.75, 3.05) is 18.6 Å². The first-order chi connectivity index (χ1) is 11.8. The topological polar surface area (TPSA) is 42.4 Å². The molecule has 0 aliphatic rings. The molecule has 1 amide bonds. The fourth-order valence-electron chi connectivity index (χ4n) is 2.65. The average molecular weight is 433 g/mol. The highest BCUT2D eigenvalue weighted by Gasteiger charge is 2.24. The second-order valence-electron chi connectivity index (χ2n) is 5.63. The number of amides is 1. The molecule has 1 aromatic heterocycles. The summed E-state index contributed by atoms with van der Waals surface area (Å²) < 4.78 is 32.0. The van der Waals surface area contributed by atoms with Gasteiger partial charge in [0, 0.05) is 22.6 Å². The van der Waals surface area contributed by atoms with Gasteiger partial charge in [0.25, 0.3) is 6.43 Å². The third-order valence-corrected chi connectivity index (χ3v) is 4.88. The summed E-state index contributed by atoms with van der Waals surface area (Å²) in [7, 11) is 1.57. The fourth-order valence-corrected chi connectivity index (χ4v) is 4.11. The first kappa shape index (κ1) is 19.9. The highest BCUT2D eigenvalue weighted by molar-refractivity contribution is 9.10. The lowest BCUT2D eigenvalue weighted by molar-refractivity contribution is -0.118. The van der Waals surface area contributed by atoms with E-state index >= 15 is 0 Å². The van der Waals surface area contributed by atoms with Gasteiger partial charge in [0.2, 0.25) is 5.91 Å². The van der Waals surface area contributed by atoms with Crippen LogP contribution in [0.4, 0.5) is 14.5 Å². The lowest BCUT2D eigenvalue weighted by atomic mass is 10.1. The number of thiazole rings is 1. The Morgan fingerprint density at radius 1 is 1.36 bits per heavy atom. The molecule has 0 saturated heterocycles. The number of hydrogen-bond donors (Lipinski definition) is 0. The second-order valence-corrected chi connectivity index (χ2v) is 7.48. The van der Waals surface area contributed by atoms with Crippen LogP contribution in [0, 0.1) is 13.8 Å². The van der Waals surface area contributed by atoms with Gasteiger partial charge in [-0.05, 0) is 37.1 Å². The van der Waals surface area contributed by atoms with Crippen LogP contribution in [0.3, 0.4) is 0 Å². The molecule has 0 atom stereocenters. The minimum atomic E-state index is -2.62. The number of carbonyl (C=O) groups is 1. The van der Waals surface area contributed by atoms with Gasteiger partial charge < -0.3 is 9.64 Å². The van der Waals surface area contributed by atoms with Crippen molar-refractivity contribution in [1.29, 1.82) is 0 Å². The number of aromatic nitrogens is 1. The van der Waals surface area contributed by atoms with Crippen LogP contribution in [0.1, 0.15) is 21.8 Å². The molecular weight excluding hydrogens is 414 g/mol. The molecule has 1 heterocycles. The van der Waals surface area contributed by atoms with E-state index in [1.54, 1.807) is 26.3 Å². The maximum absolute atomic E-state index is 13.1. The summed E-state index contributed by atoms with van der Waals surface area (Å²) in [4.78, 5) is 18.2. The highest BCUT2D eigenvalue weighted by atomic mass is 79.9. The van der Waals surface area contributed by atoms with E-state index in [2.05, 4.69) is 20.9 Å². The normalized spacial score (nSPS) is 11.2. The van der Waals surface area contributed by atoms with Crippen molar-refractivity contribution in [3.05, 3.63) is 43.8 Å². The molecular formula is C17H19BrF2N2O2S. The molecule has 8 heteroatoms. The molecule has 0 aliphatic carbocycles. The lowest BCUT2D eigenvalue weighted by Gasteiger charge is -2.26. The van der Waals surface area contributed by atoms with Crippen LogP contribution in [-0.4, -0.2) is 31.0 Å². The van der Waals surface area contributed by atoms with Crippen LogP contribution < -0.4 is 4.90 Å². The summed E-state index contributed by atoms with van der Waals surface area (Å²) in [5.74, 6) is -0.400. The Bertz CT molecular complexity index is 729. The predicted molar refractivity (Wildman–Crippen MR) is 98.5 cm³/mol. The Kier molecular flexibility index (Phi) is 7.04. The predicted octanol–water partition coefficient (Wildman–Crippen LogP) is 4.51. The number of alkyl halides is 2. The summed E-state index contributed by atoms with van der Waals surface area (Å²) in [6, 6.07) is 3.63. The maximum Gasteiger partial charge on any atom is 0.256 e. The monoisotopic (exact) mass is 432 g/mol. The molecule has 0 radical (unpaired) electrons. The molecule has 2 aromatic rings. The number of hydrogen-bond acceptors (Lipinski definition) is 4. The Labute approximate surface area is 158 Å². The zero-order valence-corrected chi connectivity index (χ0v) is 16.6. The smallest absolute Gasteiger partial charge is 0.256 e. The number of benzene rings is 1. The van der Waals surface area contributed by atoms with Gasteiger partial charge in [-0.3, -0.25) is 4.79 Å². The quantitative estimate of drug-likeness (QED) is 0.646. The van der Waals surface area contributed by atoms with Crippen molar-refractivity contribution in [2.24, 2.45) is 0 Å². The Morgan fingerprint density at radius 2 is 2.00 bits per heavy atom.